The van der Waals surface area contributed by atoms with E-state index in [9.17, 15) is 9.59 Å². The van der Waals surface area contributed by atoms with Crippen molar-refractivity contribution >= 4 is 24.0 Å². The molecular weight excluding hydrogens is 540 g/mol. The lowest BCUT2D eigenvalue weighted by atomic mass is 10.1. The van der Waals surface area contributed by atoms with E-state index in [1.807, 2.05) is 74.6 Å². The summed E-state index contributed by atoms with van der Waals surface area (Å²) in [5, 5.41) is 7.64. The normalized spacial score (nSPS) is 12.4. The van der Waals surface area contributed by atoms with Crippen molar-refractivity contribution in [1.82, 2.24) is 24.5 Å². The van der Waals surface area contributed by atoms with Crippen LogP contribution in [0, 0.1) is 18.8 Å². The van der Waals surface area contributed by atoms with Crippen LogP contribution < -0.4 is 5.32 Å². The largest absolute Gasteiger partial charge is 0.379 e. The number of pyridine rings is 1. The van der Waals surface area contributed by atoms with E-state index in [1.165, 1.54) is 0 Å². The van der Waals surface area contributed by atoms with Gasteiger partial charge in [0.2, 0.25) is 0 Å². The number of ether oxygens (including phenoxy) is 1. The number of aryl methyl sites for hydroxylation is 1. The summed E-state index contributed by atoms with van der Waals surface area (Å²) in [6.07, 6.45) is 5.11. The first-order valence-electron chi connectivity index (χ1n) is 13.8. The van der Waals surface area contributed by atoms with Crippen LogP contribution in [0.25, 0.3) is 16.9 Å². The van der Waals surface area contributed by atoms with Crippen LogP contribution in [0.15, 0.2) is 85.2 Å². The predicted octanol–water partition coefficient (Wildman–Crippen LogP) is 4.80. The number of hydrogen-bond donors (Lipinski definition) is 1. The molecule has 0 spiro atoms. The Kier molecular flexibility index (Phi) is 11.3. The van der Waals surface area contributed by atoms with Crippen LogP contribution in [0.3, 0.4) is 0 Å². The average Bonchev–Trinajstić information content (AvgIpc) is 3.47. The van der Waals surface area contributed by atoms with Crippen molar-refractivity contribution in [3.63, 3.8) is 0 Å². The Bertz CT molecular complexity index is 1710. The lowest BCUT2D eigenvalue weighted by molar-refractivity contribution is 0.0503. The first-order chi connectivity index (χ1) is 21.0. The summed E-state index contributed by atoms with van der Waals surface area (Å²) in [6, 6.07) is 22.3. The topological polar surface area (TPSA) is 102 Å². The first kappa shape index (κ1) is 30.8. The van der Waals surface area contributed by atoms with Gasteiger partial charge < -0.3 is 15.0 Å². The van der Waals surface area contributed by atoms with Crippen molar-refractivity contribution in [1.29, 1.82) is 0 Å². The van der Waals surface area contributed by atoms with E-state index in [1.54, 1.807) is 29.0 Å². The summed E-state index contributed by atoms with van der Waals surface area (Å²) < 4.78 is 6.82. The molecule has 1 N–H and O–H groups in total. The number of benzene rings is 2. The number of nitrogens with one attached hydrogen (secondary N) is 1. The molecule has 4 heterocycles. The highest BCUT2D eigenvalue weighted by molar-refractivity contribution is 5.77. The number of nitrogens with zero attached hydrogens (tertiary/aromatic N) is 5. The van der Waals surface area contributed by atoms with Gasteiger partial charge in [0.25, 0.3) is 0 Å². The van der Waals surface area contributed by atoms with Crippen molar-refractivity contribution in [3.05, 3.63) is 113 Å². The van der Waals surface area contributed by atoms with Crippen molar-refractivity contribution in [2.45, 2.75) is 6.92 Å². The average molecular weight is 575 g/mol. The Hall–Kier alpha value is -5.17. The smallest absolute Gasteiger partial charge is 0.154 e. The SMILES string of the molecule is CN1CCOCC1.CNc1cc(C#Cc2cnc3ccc(-c4ccc(C=O)cc4)nn23)ccn1.Cc1ccccc1C=O. The van der Waals surface area contributed by atoms with Crippen molar-refractivity contribution in [3.8, 4) is 23.1 Å². The number of morpholine rings is 1. The minimum absolute atomic E-state index is 0.632. The standard InChI is InChI=1S/C21H15N5O.C8H8O.C5H11NO/c1-22-20-12-15(10-11-23-20)4-7-18-13-24-21-9-8-19(25-26(18)21)17-5-2-16(14-27)3-6-17;1-7-4-2-3-5-8(7)6-9;1-6-2-4-7-5-3-6/h2-3,5-6,8-14H,1H3,(H,22,23);2-6H,1H3;2-5H2,1H3. The second-order valence-corrected chi connectivity index (χ2v) is 9.69. The predicted molar refractivity (Wildman–Crippen MR) is 168 cm³/mol. The third-order valence-corrected chi connectivity index (χ3v) is 6.61. The molecule has 6 rings (SSSR count). The third kappa shape index (κ3) is 8.91. The molecule has 0 amide bonds. The zero-order valence-corrected chi connectivity index (χ0v) is 24.5. The molecule has 0 unspecified atom stereocenters. The monoisotopic (exact) mass is 574 g/mol. The van der Waals surface area contributed by atoms with Gasteiger partial charge in [-0.2, -0.15) is 5.10 Å². The van der Waals surface area contributed by atoms with Crippen molar-refractivity contribution in [2.75, 3.05) is 45.7 Å². The highest BCUT2D eigenvalue weighted by Crippen LogP contribution is 2.18. The quantitative estimate of drug-likeness (QED) is 0.241. The van der Waals surface area contributed by atoms with Crippen LogP contribution in [0.4, 0.5) is 5.82 Å². The van der Waals surface area contributed by atoms with Crippen LogP contribution in [0.2, 0.25) is 0 Å². The van der Waals surface area contributed by atoms with Gasteiger partial charge in [-0.05, 0) is 49.7 Å². The highest BCUT2D eigenvalue weighted by Gasteiger charge is 2.06. The second-order valence-electron chi connectivity index (χ2n) is 9.69. The molecule has 0 bridgehead atoms. The Morgan fingerprint density at radius 2 is 1.67 bits per heavy atom. The lowest BCUT2D eigenvalue weighted by Crippen LogP contribution is -2.32. The number of aromatic nitrogens is 4. The van der Waals surface area contributed by atoms with Gasteiger partial charge in [-0.1, -0.05) is 54.5 Å². The fraction of sp³-hybridized carbons (Fsp3) is 0.206. The Morgan fingerprint density at radius 3 is 2.30 bits per heavy atom. The van der Waals surface area contributed by atoms with Gasteiger partial charge in [0.15, 0.2) is 5.65 Å². The summed E-state index contributed by atoms with van der Waals surface area (Å²) >= 11 is 0. The number of anilines is 1. The van der Waals surface area contributed by atoms with E-state index < -0.39 is 0 Å². The Labute approximate surface area is 251 Å². The molecule has 0 radical (unpaired) electrons. The maximum atomic E-state index is 10.8. The molecule has 218 valence electrons. The molecule has 1 aliphatic rings. The number of rotatable bonds is 4. The van der Waals surface area contributed by atoms with E-state index in [0.717, 1.165) is 78.3 Å². The summed E-state index contributed by atoms with van der Waals surface area (Å²) in [5.41, 5.74) is 6.41. The molecule has 43 heavy (non-hydrogen) atoms. The second kappa shape index (κ2) is 15.7. The fourth-order valence-corrected chi connectivity index (χ4v) is 4.00. The maximum Gasteiger partial charge on any atom is 0.154 e. The minimum atomic E-state index is 0.632. The molecule has 0 aliphatic carbocycles. The molecule has 9 nitrogen and oxygen atoms in total. The van der Waals surface area contributed by atoms with Crippen LogP contribution >= 0.6 is 0 Å². The zero-order valence-electron chi connectivity index (χ0n) is 24.5. The summed E-state index contributed by atoms with van der Waals surface area (Å²) in [4.78, 5) is 31.8. The van der Waals surface area contributed by atoms with Crippen LogP contribution in [0.5, 0.6) is 0 Å². The summed E-state index contributed by atoms with van der Waals surface area (Å²) in [7, 11) is 3.93. The van der Waals surface area contributed by atoms with E-state index in [2.05, 4.69) is 44.2 Å². The van der Waals surface area contributed by atoms with Gasteiger partial charge >= 0.3 is 0 Å². The van der Waals surface area contributed by atoms with E-state index >= 15 is 0 Å². The first-order valence-corrected chi connectivity index (χ1v) is 13.8. The Balaban J connectivity index is 0.000000215. The molecule has 1 aliphatic heterocycles. The lowest BCUT2D eigenvalue weighted by Gasteiger charge is -2.21. The molecule has 0 saturated carbocycles. The van der Waals surface area contributed by atoms with Gasteiger partial charge in [-0.3, -0.25) is 9.59 Å². The number of imidazole rings is 1. The van der Waals surface area contributed by atoms with Gasteiger partial charge in [-0.25, -0.2) is 14.5 Å². The molecule has 9 heteroatoms. The number of fused-ring (bicyclic) bond motifs is 1. The minimum Gasteiger partial charge on any atom is -0.379 e. The van der Waals surface area contributed by atoms with Crippen LogP contribution in [0.1, 0.15) is 37.5 Å². The third-order valence-electron chi connectivity index (χ3n) is 6.61. The zero-order chi connectivity index (χ0) is 30.4. The van der Waals surface area contributed by atoms with Crippen LogP contribution in [-0.4, -0.2) is 77.5 Å². The molecule has 2 aromatic carbocycles. The molecule has 1 saturated heterocycles. The molecular formula is C34H34N6O3. The molecule has 5 aromatic rings. The number of carbonyl (C=O) groups is 2. The molecule has 3 aromatic heterocycles. The van der Waals surface area contributed by atoms with E-state index in [-0.39, 0.29) is 0 Å². The highest BCUT2D eigenvalue weighted by atomic mass is 16.5. The molecule has 0 atom stereocenters. The Morgan fingerprint density at radius 1 is 0.907 bits per heavy atom. The van der Waals surface area contributed by atoms with Crippen LogP contribution in [-0.2, 0) is 4.74 Å². The fourth-order valence-electron chi connectivity index (χ4n) is 4.00. The number of carbonyl (C=O) groups excluding carboxylic acids is 2. The van der Waals surface area contributed by atoms with Gasteiger partial charge in [0, 0.05) is 48.6 Å². The number of aldehydes is 2. The maximum absolute atomic E-state index is 10.8. The van der Waals surface area contributed by atoms with Gasteiger partial charge in [0.1, 0.15) is 24.1 Å². The van der Waals surface area contributed by atoms with Crippen molar-refractivity contribution in [2.24, 2.45) is 0 Å². The van der Waals surface area contributed by atoms with E-state index in [0.29, 0.717) is 11.3 Å². The van der Waals surface area contributed by atoms with Crippen molar-refractivity contribution < 1.29 is 14.3 Å². The van der Waals surface area contributed by atoms with Gasteiger partial charge in [-0.15, -0.1) is 0 Å². The number of likely N-dealkylation sites (N-methyl/N-ethyl adjacent to an activating group) is 1. The number of hydrogen-bond acceptors (Lipinski definition) is 8. The summed E-state index contributed by atoms with van der Waals surface area (Å²) in [5.74, 6) is 7.00. The molecule has 1 fully saturated rings. The van der Waals surface area contributed by atoms with Gasteiger partial charge in [0.05, 0.1) is 25.1 Å². The summed E-state index contributed by atoms with van der Waals surface area (Å²) in [6.45, 7) is 5.94. The van der Waals surface area contributed by atoms with E-state index in [4.69, 9.17) is 4.74 Å².